The maximum atomic E-state index is 10.6. The number of likely N-dealkylation sites (tertiary alicyclic amines) is 1. The molecular weight excluding hydrogens is 395 g/mol. The Morgan fingerprint density at radius 2 is 2.07 bits per heavy atom. The number of alkyl halides is 3. The molecule has 5 nitrogen and oxygen atoms in total. The molecule has 0 radical (unpaired) electrons. The first kappa shape index (κ1) is 21.5. The second-order valence-electron chi connectivity index (χ2n) is 7.73. The van der Waals surface area contributed by atoms with Gasteiger partial charge < -0.3 is 14.6 Å². The highest BCUT2D eigenvalue weighted by atomic mass is 32.1. The van der Waals surface area contributed by atoms with Crippen LogP contribution < -0.4 is 0 Å². The molecule has 158 valence electrons. The fourth-order valence-corrected chi connectivity index (χ4v) is 4.49. The van der Waals surface area contributed by atoms with E-state index in [-0.39, 0.29) is 5.60 Å². The van der Waals surface area contributed by atoms with E-state index in [4.69, 9.17) is 19.4 Å². The summed E-state index contributed by atoms with van der Waals surface area (Å²) in [7, 11) is 0. The predicted molar refractivity (Wildman–Crippen MR) is 98.2 cm³/mol. The molecule has 0 amide bonds. The van der Waals surface area contributed by atoms with Crippen molar-refractivity contribution < 1.29 is 32.5 Å². The number of carbonyl (C=O) groups is 1. The minimum atomic E-state index is -5.08. The van der Waals surface area contributed by atoms with Crippen LogP contribution >= 0.6 is 11.3 Å². The van der Waals surface area contributed by atoms with E-state index in [0.717, 1.165) is 45.4 Å². The molecule has 9 heteroatoms. The lowest BCUT2D eigenvalue weighted by atomic mass is 9.79. The topological polar surface area (TPSA) is 59.0 Å². The first-order valence-electron chi connectivity index (χ1n) is 9.55. The average Bonchev–Trinajstić information content (AvgIpc) is 3.10. The lowest BCUT2D eigenvalue weighted by Crippen LogP contribution is -2.64. The Balaban J connectivity index is 0.000000279. The van der Waals surface area contributed by atoms with Gasteiger partial charge in [0.05, 0.1) is 5.60 Å². The molecule has 3 aliphatic rings. The molecule has 0 bridgehead atoms. The molecule has 1 saturated carbocycles. The summed E-state index contributed by atoms with van der Waals surface area (Å²) in [5.74, 6) is -1.17. The van der Waals surface area contributed by atoms with Crippen molar-refractivity contribution in [3.63, 3.8) is 0 Å². The van der Waals surface area contributed by atoms with Crippen molar-refractivity contribution in [1.82, 2.24) is 4.90 Å². The van der Waals surface area contributed by atoms with Crippen LogP contribution in [0.1, 0.15) is 30.6 Å². The van der Waals surface area contributed by atoms with Gasteiger partial charge in [0.25, 0.3) is 0 Å². The van der Waals surface area contributed by atoms with E-state index < -0.39 is 12.1 Å². The average molecular weight is 421 g/mol. The number of ether oxygens (including phenoxy) is 2. The predicted octanol–water partition coefficient (Wildman–Crippen LogP) is 3.79. The molecule has 3 fully saturated rings. The highest BCUT2D eigenvalue weighted by Gasteiger charge is 2.52. The van der Waals surface area contributed by atoms with E-state index in [1.807, 2.05) is 11.3 Å². The minimum absolute atomic E-state index is 0.153. The number of hydrogen-bond donors (Lipinski definition) is 1. The van der Waals surface area contributed by atoms with Crippen molar-refractivity contribution in [2.45, 2.75) is 44.0 Å². The Morgan fingerprint density at radius 3 is 2.64 bits per heavy atom. The van der Waals surface area contributed by atoms with Crippen molar-refractivity contribution in [2.75, 3.05) is 32.9 Å². The zero-order valence-corrected chi connectivity index (χ0v) is 16.4. The van der Waals surface area contributed by atoms with E-state index >= 15 is 0 Å². The summed E-state index contributed by atoms with van der Waals surface area (Å²) in [6.45, 7) is 6.17. The number of halogens is 3. The van der Waals surface area contributed by atoms with Crippen LogP contribution in [0.5, 0.6) is 0 Å². The third kappa shape index (κ3) is 5.92. The molecule has 0 aromatic carbocycles. The molecule has 1 unspecified atom stereocenters. The summed E-state index contributed by atoms with van der Waals surface area (Å²) >= 11 is 1.86. The number of aliphatic carboxylic acids is 1. The highest BCUT2D eigenvalue weighted by Crippen LogP contribution is 2.42. The SMILES string of the molecule is O=C(O)C(F)(F)F.c1csc(CN2CC3(C2)OCCC3CCOCC2CC2)c1. The standard InChI is InChI=1S/C17H25NO2S.C2HF3O2/c1-2-16(21-9-1)10-18-12-17(13-18)15(6-8-20-17)5-7-19-11-14-3-4-14;3-2(4,5)1(6)7/h1-2,9,14-15H,3-8,10-13H2;(H,6,7). The molecule has 1 atom stereocenters. The summed E-state index contributed by atoms with van der Waals surface area (Å²) in [6, 6.07) is 4.37. The third-order valence-electron chi connectivity index (χ3n) is 5.45. The van der Waals surface area contributed by atoms with Crippen LogP contribution in [0.3, 0.4) is 0 Å². The van der Waals surface area contributed by atoms with Crippen molar-refractivity contribution in [1.29, 1.82) is 0 Å². The Hall–Kier alpha value is -1.16. The van der Waals surface area contributed by atoms with E-state index in [1.54, 1.807) is 0 Å². The van der Waals surface area contributed by atoms with Crippen LogP contribution in [0.2, 0.25) is 0 Å². The fourth-order valence-electron chi connectivity index (χ4n) is 3.75. The molecule has 1 aliphatic carbocycles. The normalized spacial score (nSPS) is 23.9. The van der Waals surface area contributed by atoms with Gasteiger partial charge in [0.1, 0.15) is 0 Å². The summed E-state index contributed by atoms with van der Waals surface area (Å²) < 4.78 is 43.7. The summed E-state index contributed by atoms with van der Waals surface area (Å²) in [5, 5.41) is 9.29. The third-order valence-corrected chi connectivity index (χ3v) is 6.31. The van der Waals surface area contributed by atoms with E-state index in [2.05, 4.69) is 22.4 Å². The summed E-state index contributed by atoms with van der Waals surface area (Å²) in [4.78, 5) is 12.9. The van der Waals surface area contributed by atoms with Gasteiger partial charge in [-0.3, -0.25) is 4.90 Å². The number of carboxylic acid groups (broad SMARTS) is 1. The van der Waals surface area contributed by atoms with E-state index in [1.165, 1.54) is 30.6 Å². The van der Waals surface area contributed by atoms with Gasteiger partial charge in [0.15, 0.2) is 0 Å². The lowest BCUT2D eigenvalue weighted by Gasteiger charge is -2.50. The Morgan fingerprint density at radius 1 is 1.36 bits per heavy atom. The highest BCUT2D eigenvalue weighted by molar-refractivity contribution is 7.09. The Labute approximate surface area is 166 Å². The number of hydrogen-bond acceptors (Lipinski definition) is 5. The van der Waals surface area contributed by atoms with Crippen LogP contribution in [-0.2, 0) is 20.8 Å². The second-order valence-corrected chi connectivity index (χ2v) is 8.77. The second kappa shape index (κ2) is 9.11. The first-order chi connectivity index (χ1) is 13.3. The summed E-state index contributed by atoms with van der Waals surface area (Å²) in [6.07, 6.45) is 0.0848. The maximum absolute atomic E-state index is 10.6. The minimum Gasteiger partial charge on any atom is -0.475 e. The van der Waals surface area contributed by atoms with Gasteiger partial charge >= 0.3 is 12.1 Å². The van der Waals surface area contributed by atoms with Crippen LogP contribution in [0, 0.1) is 11.8 Å². The largest absolute Gasteiger partial charge is 0.490 e. The molecule has 2 saturated heterocycles. The molecule has 4 rings (SSSR count). The summed E-state index contributed by atoms with van der Waals surface area (Å²) in [5.41, 5.74) is 0.153. The van der Waals surface area contributed by atoms with Gasteiger partial charge in [0.2, 0.25) is 0 Å². The van der Waals surface area contributed by atoms with Crippen molar-refractivity contribution >= 4 is 17.3 Å². The molecule has 2 aliphatic heterocycles. The van der Waals surface area contributed by atoms with Gasteiger partial charge in [-0.15, -0.1) is 11.3 Å². The Kier molecular flexibility index (Phi) is 7.01. The fraction of sp³-hybridized carbons (Fsp3) is 0.737. The quantitative estimate of drug-likeness (QED) is 0.679. The van der Waals surface area contributed by atoms with Crippen molar-refractivity contribution in [2.24, 2.45) is 11.8 Å². The number of thiophene rings is 1. The van der Waals surface area contributed by atoms with E-state index in [9.17, 15) is 13.2 Å². The van der Waals surface area contributed by atoms with Crippen molar-refractivity contribution in [3.05, 3.63) is 22.4 Å². The molecule has 1 aromatic rings. The van der Waals surface area contributed by atoms with E-state index in [0.29, 0.717) is 5.92 Å². The zero-order valence-electron chi connectivity index (χ0n) is 15.6. The van der Waals surface area contributed by atoms with Gasteiger partial charge in [-0.05, 0) is 49.0 Å². The van der Waals surface area contributed by atoms with Crippen LogP contribution in [0.25, 0.3) is 0 Å². The monoisotopic (exact) mass is 421 g/mol. The Bertz CT molecular complexity index is 628. The number of nitrogens with zero attached hydrogens (tertiary/aromatic N) is 1. The maximum Gasteiger partial charge on any atom is 0.490 e. The van der Waals surface area contributed by atoms with Crippen LogP contribution in [0.15, 0.2) is 17.5 Å². The molecule has 1 aromatic heterocycles. The van der Waals surface area contributed by atoms with Crippen LogP contribution in [-0.4, -0.2) is 60.7 Å². The molecule has 28 heavy (non-hydrogen) atoms. The van der Waals surface area contributed by atoms with Crippen molar-refractivity contribution in [3.8, 4) is 0 Å². The van der Waals surface area contributed by atoms with Gasteiger partial charge in [0, 0.05) is 44.3 Å². The van der Waals surface area contributed by atoms with Gasteiger partial charge in [-0.2, -0.15) is 13.2 Å². The smallest absolute Gasteiger partial charge is 0.475 e. The number of rotatable bonds is 7. The number of carboxylic acids is 1. The molecule has 1 spiro atoms. The van der Waals surface area contributed by atoms with Gasteiger partial charge in [-0.25, -0.2) is 4.79 Å². The first-order valence-corrected chi connectivity index (χ1v) is 10.4. The zero-order chi connectivity index (χ0) is 20.2. The molecule has 3 heterocycles. The van der Waals surface area contributed by atoms with Gasteiger partial charge in [-0.1, -0.05) is 6.07 Å². The van der Waals surface area contributed by atoms with Crippen LogP contribution in [0.4, 0.5) is 13.2 Å². The molecular formula is C19H26F3NO4S. The molecule has 1 N–H and O–H groups in total. The lowest BCUT2D eigenvalue weighted by molar-refractivity contribution is -0.192.